The Balaban J connectivity index is 1.45. The molecule has 0 saturated carbocycles. The maximum absolute atomic E-state index is 12.8. The van der Waals surface area contributed by atoms with Crippen molar-refractivity contribution in [2.45, 2.75) is 6.18 Å². The molecule has 1 amide bonds. The first-order valence-electron chi connectivity index (χ1n) is 9.39. The van der Waals surface area contributed by atoms with Crippen molar-refractivity contribution in [1.82, 2.24) is 4.98 Å². The van der Waals surface area contributed by atoms with Crippen LogP contribution in [0.4, 0.5) is 18.9 Å². The number of carbonyl (C=O) groups is 1. The van der Waals surface area contributed by atoms with Crippen LogP contribution in [0.5, 0.6) is 11.5 Å². The Morgan fingerprint density at radius 1 is 0.806 bits per heavy atom. The van der Waals surface area contributed by atoms with Crippen LogP contribution in [0.1, 0.15) is 16.1 Å². The quantitative estimate of drug-likeness (QED) is 0.374. The largest absolute Gasteiger partial charge is 0.457 e. The highest BCUT2D eigenvalue weighted by Gasteiger charge is 2.30. The summed E-state index contributed by atoms with van der Waals surface area (Å²) in [4.78, 5) is 15.3. The van der Waals surface area contributed by atoms with E-state index in [4.69, 9.17) is 4.74 Å². The standard InChI is InChI=1S/C24H17F3N2O2/c25-24(26,27)18-5-4-6-19(14-18)29-23(30)22-13-17(15-28-22)16-9-11-21(12-10-16)31-20-7-2-1-3-8-20/h1-15,28H,(H,29,30). The van der Waals surface area contributed by atoms with E-state index in [1.807, 2.05) is 54.6 Å². The number of benzene rings is 3. The molecule has 0 spiro atoms. The van der Waals surface area contributed by atoms with Crippen LogP contribution in [0.25, 0.3) is 11.1 Å². The number of para-hydroxylation sites is 1. The number of nitrogens with one attached hydrogen (secondary N) is 2. The highest BCUT2D eigenvalue weighted by Crippen LogP contribution is 2.31. The molecule has 7 heteroatoms. The van der Waals surface area contributed by atoms with Gasteiger partial charge in [0.05, 0.1) is 5.56 Å². The van der Waals surface area contributed by atoms with Crippen molar-refractivity contribution in [2.24, 2.45) is 0 Å². The van der Waals surface area contributed by atoms with E-state index in [0.29, 0.717) is 5.75 Å². The van der Waals surface area contributed by atoms with E-state index in [2.05, 4.69) is 10.3 Å². The molecule has 4 aromatic rings. The zero-order chi connectivity index (χ0) is 21.8. The minimum atomic E-state index is -4.48. The van der Waals surface area contributed by atoms with Gasteiger partial charge in [-0.3, -0.25) is 4.79 Å². The highest BCUT2D eigenvalue weighted by atomic mass is 19.4. The SMILES string of the molecule is O=C(Nc1cccc(C(F)(F)F)c1)c1cc(-c2ccc(Oc3ccccc3)cc2)c[nH]1. The third-order valence-electron chi connectivity index (χ3n) is 4.54. The first kappa shape index (κ1) is 20.3. The first-order valence-corrected chi connectivity index (χ1v) is 9.39. The number of aromatic nitrogens is 1. The number of alkyl halides is 3. The molecule has 3 aromatic carbocycles. The average Bonchev–Trinajstić information content (AvgIpc) is 3.25. The molecule has 0 bridgehead atoms. The number of aromatic amines is 1. The first-order chi connectivity index (χ1) is 14.9. The van der Waals surface area contributed by atoms with Gasteiger partial charge >= 0.3 is 6.18 Å². The zero-order valence-corrected chi connectivity index (χ0v) is 16.1. The molecular weight excluding hydrogens is 405 g/mol. The van der Waals surface area contributed by atoms with Crippen molar-refractivity contribution in [3.63, 3.8) is 0 Å². The lowest BCUT2D eigenvalue weighted by Crippen LogP contribution is -2.13. The molecule has 0 unspecified atom stereocenters. The van der Waals surface area contributed by atoms with Gasteiger partial charge in [-0.25, -0.2) is 0 Å². The van der Waals surface area contributed by atoms with Crippen LogP contribution in [-0.2, 0) is 6.18 Å². The summed E-state index contributed by atoms with van der Waals surface area (Å²) in [7, 11) is 0. The Labute approximate surface area is 176 Å². The van der Waals surface area contributed by atoms with Crippen molar-refractivity contribution in [2.75, 3.05) is 5.32 Å². The summed E-state index contributed by atoms with van der Waals surface area (Å²) in [6, 6.07) is 22.9. The van der Waals surface area contributed by atoms with Gasteiger partial charge in [0.25, 0.3) is 5.91 Å². The number of anilines is 1. The molecule has 0 radical (unpaired) electrons. The monoisotopic (exact) mass is 422 g/mol. The van der Waals surface area contributed by atoms with Gasteiger partial charge in [0, 0.05) is 11.9 Å². The second-order valence-electron chi connectivity index (χ2n) is 6.77. The maximum atomic E-state index is 12.8. The summed E-state index contributed by atoms with van der Waals surface area (Å²) >= 11 is 0. The summed E-state index contributed by atoms with van der Waals surface area (Å²) in [6.07, 6.45) is -2.81. The molecule has 2 N–H and O–H groups in total. The van der Waals surface area contributed by atoms with Crippen molar-refractivity contribution in [3.05, 3.63) is 102 Å². The van der Waals surface area contributed by atoms with Crippen LogP contribution < -0.4 is 10.1 Å². The number of ether oxygens (including phenoxy) is 1. The molecule has 0 aliphatic carbocycles. The molecule has 0 atom stereocenters. The van der Waals surface area contributed by atoms with Gasteiger partial charge in [0.15, 0.2) is 0 Å². The smallest absolute Gasteiger partial charge is 0.416 e. The fourth-order valence-electron chi connectivity index (χ4n) is 3.00. The molecule has 4 nitrogen and oxygen atoms in total. The number of rotatable bonds is 5. The van der Waals surface area contributed by atoms with Gasteiger partial charge in [0.2, 0.25) is 0 Å². The van der Waals surface area contributed by atoms with Gasteiger partial charge in [-0.15, -0.1) is 0 Å². The molecule has 0 fully saturated rings. The minimum absolute atomic E-state index is 0.0680. The van der Waals surface area contributed by atoms with Crippen LogP contribution in [0.2, 0.25) is 0 Å². The van der Waals surface area contributed by atoms with Crippen molar-refractivity contribution >= 4 is 11.6 Å². The van der Waals surface area contributed by atoms with Crippen molar-refractivity contribution in [3.8, 4) is 22.6 Å². The Hall–Kier alpha value is -4.00. The third kappa shape index (κ3) is 4.95. The molecule has 1 heterocycles. The van der Waals surface area contributed by atoms with Gasteiger partial charge < -0.3 is 15.0 Å². The van der Waals surface area contributed by atoms with Crippen LogP contribution in [0.15, 0.2) is 91.1 Å². The maximum Gasteiger partial charge on any atom is 0.416 e. The number of hydrogen-bond acceptors (Lipinski definition) is 2. The normalized spacial score (nSPS) is 11.2. The summed E-state index contributed by atoms with van der Waals surface area (Å²) in [5.74, 6) is 0.869. The Morgan fingerprint density at radius 3 is 2.23 bits per heavy atom. The Bertz CT molecular complexity index is 1180. The molecule has 31 heavy (non-hydrogen) atoms. The summed E-state index contributed by atoms with van der Waals surface area (Å²) < 4.78 is 44.3. The lowest BCUT2D eigenvalue weighted by atomic mass is 10.1. The average molecular weight is 422 g/mol. The zero-order valence-electron chi connectivity index (χ0n) is 16.1. The summed E-state index contributed by atoms with van der Waals surface area (Å²) in [5.41, 5.74) is 1.10. The fraction of sp³-hybridized carbons (Fsp3) is 0.0417. The van der Waals surface area contributed by atoms with E-state index >= 15 is 0 Å². The van der Waals surface area contributed by atoms with Crippen LogP contribution >= 0.6 is 0 Å². The van der Waals surface area contributed by atoms with Crippen LogP contribution in [0, 0.1) is 0 Å². The number of hydrogen-bond donors (Lipinski definition) is 2. The number of amides is 1. The van der Waals surface area contributed by atoms with Gasteiger partial charge in [-0.05, 0) is 59.7 Å². The van der Waals surface area contributed by atoms with Gasteiger partial charge in [-0.1, -0.05) is 36.4 Å². The summed E-state index contributed by atoms with van der Waals surface area (Å²) in [6.45, 7) is 0. The van der Waals surface area contributed by atoms with Crippen LogP contribution in [-0.4, -0.2) is 10.9 Å². The van der Waals surface area contributed by atoms with E-state index in [-0.39, 0.29) is 11.4 Å². The predicted octanol–water partition coefficient (Wildman–Crippen LogP) is 6.75. The lowest BCUT2D eigenvalue weighted by Gasteiger charge is -2.09. The number of halogens is 3. The van der Waals surface area contributed by atoms with Crippen molar-refractivity contribution in [1.29, 1.82) is 0 Å². The molecule has 4 rings (SSSR count). The summed E-state index contributed by atoms with van der Waals surface area (Å²) in [5, 5.41) is 2.48. The molecular formula is C24H17F3N2O2. The number of H-pyrrole nitrogens is 1. The topological polar surface area (TPSA) is 54.1 Å². The van der Waals surface area contributed by atoms with Crippen LogP contribution in [0.3, 0.4) is 0 Å². The lowest BCUT2D eigenvalue weighted by molar-refractivity contribution is -0.137. The highest BCUT2D eigenvalue weighted by molar-refractivity contribution is 6.03. The molecule has 156 valence electrons. The molecule has 0 aliphatic heterocycles. The van der Waals surface area contributed by atoms with Crippen molar-refractivity contribution < 1.29 is 22.7 Å². The predicted molar refractivity (Wildman–Crippen MR) is 112 cm³/mol. The number of carbonyl (C=O) groups excluding carboxylic acids is 1. The second kappa shape index (κ2) is 8.39. The van der Waals surface area contributed by atoms with E-state index in [1.165, 1.54) is 12.1 Å². The minimum Gasteiger partial charge on any atom is -0.457 e. The fourth-order valence-corrected chi connectivity index (χ4v) is 3.00. The molecule has 1 aromatic heterocycles. The molecule has 0 saturated heterocycles. The Kier molecular flexibility index (Phi) is 5.49. The Morgan fingerprint density at radius 2 is 1.52 bits per heavy atom. The van der Waals surface area contributed by atoms with Gasteiger partial charge in [-0.2, -0.15) is 13.2 Å². The second-order valence-corrected chi connectivity index (χ2v) is 6.77. The molecule has 0 aliphatic rings. The van der Waals surface area contributed by atoms with E-state index in [0.717, 1.165) is 29.0 Å². The third-order valence-corrected chi connectivity index (χ3v) is 4.54. The van der Waals surface area contributed by atoms with E-state index < -0.39 is 17.6 Å². The van der Waals surface area contributed by atoms with Gasteiger partial charge in [0.1, 0.15) is 17.2 Å². The van der Waals surface area contributed by atoms with E-state index in [9.17, 15) is 18.0 Å². The van der Waals surface area contributed by atoms with E-state index in [1.54, 1.807) is 12.3 Å².